The van der Waals surface area contributed by atoms with Gasteiger partial charge >= 0.3 is 0 Å². The van der Waals surface area contributed by atoms with Crippen LogP contribution < -0.4 is 10.6 Å². The van der Waals surface area contributed by atoms with E-state index in [1.165, 1.54) is 0 Å². The number of halogens is 1. The summed E-state index contributed by atoms with van der Waals surface area (Å²) in [7, 11) is 0. The highest BCUT2D eigenvalue weighted by Gasteiger charge is 2.14. The van der Waals surface area contributed by atoms with Crippen molar-refractivity contribution in [2.24, 2.45) is 0 Å². The van der Waals surface area contributed by atoms with Crippen molar-refractivity contribution in [3.05, 3.63) is 28.8 Å². The fourth-order valence-electron chi connectivity index (χ4n) is 2.24. The van der Waals surface area contributed by atoms with Crippen LogP contribution in [0.3, 0.4) is 0 Å². The summed E-state index contributed by atoms with van der Waals surface area (Å²) in [5.74, 6) is -0.0377. The van der Waals surface area contributed by atoms with Crippen molar-refractivity contribution in [1.82, 2.24) is 5.32 Å². The third-order valence-corrected chi connectivity index (χ3v) is 3.92. The summed E-state index contributed by atoms with van der Waals surface area (Å²) >= 11 is 6.02. The maximum atomic E-state index is 11.9. The van der Waals surface area contributed by atoms with Gasteiger partial charge in [0.05, 0.1) is 19.1 Å². The molecule has 0 aromatic heterocycles. The van der Waals surface area contributed by atoms with Crippen LogP contribution in [0, 0.1) is 6.92 Å². The molecule has 0 saturated carbocycles. The van der Waals surface area contributed by atoms with E-state index in [1.807, 2.05) is 25.1 Å². The molecule has 2 rings (SSSR count). The van der Waals surface area contributed by atoms with Crippen molar-refractivity contribution in [1.29, 1.82) is 0 Å². The van der Waals surface area contributed by atoms with Crippen molar-refractivity contribution in [3.8, 4) is 0 Å². The van der Waals surface area contributed by atoms with Crippen molar-refractivity contribution in [2.45, 2.75) is 32.3 Å². The molecule has 1 heterocycles. The topological polar surface area (TPSA) is 50.4 Å². The van der Waals surface area contributed by atoms with Gasteiger partial charge < -0.3 is 15.4 Å². The first-order valence-electron chi connectivity index (χ1n) is 7.04. The molecule has 20 heavy (non-hydrogen) atoms. The highest BCUT2D eigenvalue weighted by atomic mass is 35.5. The van der Waals surface area contributed by atoms with E-state index in [-0.39, 0.29) is 12.0 Å². The van der Waals surface area contributed by atoms with Crippen molar-refractivity contribution >= 4 is 23.2 Å². The van der Waals surface area contributed by atoms with Gasteiger partial charge in [-0.05, 0) is 50.6 Å². The van der Waals surface area contributed by atoms with Crippen molar-refractivity contribution < 1.29 is 9.53 Å². The van der Waals surface area contributed by atoms with Crippen LogP contribution >= 0.6 is 11.6 Å². The number of amides is 1. The third-order valence-electron chi connectivity index (χ3n) is 3.51. The molecular weight excluding hydrogens is 276 g/mol. The van der Waals surface area contributed by atoms with Crippen LogP contribution in [0.4, 0.5) is 5.69 Å². The van der Waals surface area contributed by atoms with E-state index in [9.17, 15) is 4.79 Å². The van der Waals surface area contributed by atoms with Crippen LogP contribution in [0.5, 0.6) is 0 Å². The Bertz CT molecular complexity index is 459. The zero-order valence-electron chi connectivity index (χ0n) is 11.7. The van der Waals surface area contributed by atoms with Crippen LogP contribution in [0.2, 0.25) is 5.02 Å². The van der Waals surface area contributed by atoms with Gasteiger partial charge in [-0.15, -0.1) is 0 Å². The Labute approximate surface area is 124 Å². The number of carbonyl (C=O) groups is 1. The summed E-state index contributed by atoms with van der Waals surface area (Å²) in [6.45, 7) is 4.36. The summed E-state index contributed by atoms with van der Waals surface area (Å²) in [5, 5.41) is 6.82. The molecule has 5 heteroatoms. The molecule has 2 N–H and O–H groups in total. The number of hydrogen-bond donors (Lipinski definition) is 2. The maximum Gasteiger partial charge on any atom is 0.226 e. The van der Waals surface area contributed by atoms with Crippen molar-refractivity contribution in [3.63, 3.8) is 0 Å². The van der Waals surface area contributed by atoms with E-state index in [0.29, 0.717) is 18.1 Å². The van der Waals surface area contributed by atoms with Crippen LogP contribution in [-0.4, -0.2) is 31.7 Å². The Kier molecular flexibility index (Phi) is 5.83. The van der Waals surface area contributed by atoms with E-state index < -0.39 is 0 Å². The minimum Gasteiger partial charge on any atom is -0.378 e. The molecule has 1 amide bonds. The molecule has 0 atom stereocenters. The number of carbonyl (C=O) groups excluding carboxylic acids is 1. The molecule has 0 bridgehead atoms. The van der Waals surface area contributed by atoms with Gasteiger partial charge in [0, 0.05) is 10.7 Å². The summed E-state index contributed by atoms with van der Waals surface area (Å²) in [6.07, 6.45) is 2.71. The first-order chi connectivity index (χ1) is 9.66. The second-order valence-corrected chi connectivity index (χ2v) is 5.44. The Morgan fingerprint density at radius 2 is 2.20 bits per heavy atom. The number of anilines is 1. The predicted molar refractivity (Wildman–Crippen MR) is 81.3 cm³/mol. The fraction of sp³-hybridized carbons (Fsp3) is 0.533. The van der Waals surface area contributed by atoms with E-state index in [4.69, 9.17) is 16.3 Å². The number of nitrogens with one attached hydrogen (secondary N) is 2. The van der Waals surface area contributed by atoms with Gasteiger partial charge in [0.25, 0.3) is 0 Å². The molecule has 1 aliphatic heterocycles. The number of rotatable bonds is 5. The van der Waals surface area contributed by atoms with E-state index in [2.05, 4.69) is 10.6 Å². The van der Waals surface area contributed by atoms with E-state index >= 15 is 0 Å². The second kappa shape index (κ2) is 7.62. The average Bonchev–Trinajstić information content (AvgIpc) is 2.45. The van der Waals surface area contributed by atoms with Gasteiger partial charge in [-0.3, -0.25) is 4.79 Å². The summed E-state index contributed by atoms with van der Waals surface area (Å²) in [5.41, 5.74) is 1.66. The lowest BCUT2D eigenvalue weighted by Crippen LogP contribution is -2.33. The third kappa shape index (κ3) is 4.47. The summed E-state index contributed by atoms with van der Waals surface area (Å²) in [4.78, 5) is 11.9. The van der Waals surface area contributed by atoms with Gasteiger partial charge in [-0.1, -0.05) is 17.7 Å². The molecule has 4 nitrogen and oxygen atoms in total. The van der Waals surface area contributed by atoms with Crippen LogP contribution in [0.1, 0.15) is 24.8 Å². The highest BCUT2D eigenvalue weighted by molar-refractivity contribution is 6.31. The second-order valence-electron chi connectivity index (χ2n) is 5.03. The lowest BCUT2D eigenvalue weighted by Gasteiger charge is -2.22. The molecule has 1 aliphatic rings. The Balaban J connectivity index is 1.73. The minimum absolute atomic E-state index is 0.0377. The SMILES string of the molecule is Cc1c(Cl)cccc1NC(=O)CCOC1CCNCC1. The molecule has 0 aliphatic carbocycles. The van der Waals surface area contributed by atoms with Crippen LogP contribution in [-0.2, 0) is 9.53 Å². The Morgan fingerprint density at radius 3 is 2.95 bits per heavy atom. The fourth-order valence-corrected chi connectivity index (χ4v) is 2.41. The maximum absolute atomic E-state index is 11.9. The predicted octanol–water partition coefficient (Wildman–Crippen LogP) is 2.75. The van der Waals surface area contributed by atoms with Crippen LogP contribution in [0.25, 0.3) is 0 Å². The van der Waals surface area contributed by atoms with Crippen molar-refractivity contribution in [2.75, 3.05) is 25.0 Å². The molecule has 0 unspecified atom stereocenters. The molecule has 1 saturated heterocycles. The smallest absolute Gasteiger partial charge is 0.226 e. The normalized spacial score (nSPS) is 16.1. The Morgan fingerprint density at radius 1 is 1.45 bits per heavy atom. The zero-order valence-corrected chi connectivity index (χ0v) is 12.5. The van der Waals surface area contributed by atoms with Gasteiger partial charge in [-0.2, -0.15) is 0 Å². The first kappa shape index (κ1) is 15.3. The molecule has 1 fully saturated rings. The standard InChI is InChI=1S/C15H21ClN2O2/c1-11-13(16)3-2-4-14(11)18-15(19)7-10-20-12-5-8-17-9-6-12/h2-4,12,17H,5-10H2,1H3,(H,18,19). The van der Waals surface area contributed by atoms with Gasteiger partial charge in [0.15, 0.2) is 0 Å². The molecule has 0 spiro atoms. The van der Waals surface area contributed by atoms with E-state index in [1.54, 1.807) is 0 Å². The van der Waals surface area contributed by atoms with E-state index in [0.717, 1.165) is 37.2 Å². The molecular formula is C15H21ClN2O2. The molecule has 1 aromatic carbocycles. The quantitative estimate of drug-likeness (QED) is 0.878. The molecule has 1 aromatic rings. The number of piperidine rings is 1. The average molecular weight is 297 g/mol. The lowest BCUT2D eigenvalue weighted by atomic mass is 10.1. The lowest BCUT2D eigenvalue weighted by molar-refractivity contribution is -0.117. The largest absolute Gasteiger partial charge is 0.378 e. The number of hydrogen-bond acceptors (Lipinski definition) is 3. The minimum atomic E-state index is -0.0377. The zero-order chi connectivity index (χ0) is 14.4. The summed E-state index contributed by atoms with van der Waals surface area (Å²) in [6, 6.07) is 5.50. The molecule has 0 radical (unpaired) electrons. The number of benzene rings is 1. The number of ether oxygens (including phenoxy) is 1. The highest BCUT2D eigenvalue weighted by Crippen LogP contribution is 2.22. The first-order valence-corrected chi connectivity index (χ1v) is 7.42. The van der Waals surface area contributed by atoms with Gasteiger partial charge in [0.2, 0.25) is 5.91 Å². The Hall–Kier alpha value is -1.10. The van der Waals surface area contributed by atoms with Gasteiger partial charge in [-0.25, -0.2) is 0 Å². The monoisotopic (exact) mass is 296 g/mol. The van der Waals surface area contributed by atoms with Gasteiger partial charge in [0.1, 0.15) is 0 Å². The molecule has 110 valence electrons. The summed E-state index contributed by atoms with van der Waals surface area (Å²) < 4.78 is 5.72. The van der Waals surface area contributed by atoms with Crippen LogP contribution in [0.15, 0.2) is 18.2 Å².